The molecule has 8 nitrogen and oxygen atoms in total. The quantitative estimate of drug-likeness (QED) is 0.279. The van der Waals surface area contributed by atoms with Crippen molar-refractivity contribution in [3.63, 3.8) is 0 Å². The number of hydrogen-bond acceptors (Lipinski definition) is 6. The molecule has 3 heterocycles. The van der Waals surface area contributed by atoms with Gasteiger partial charge in [0.2, 0.25) is 0 Å². The minimum atomic E-state index is -4.57. The zero-order valence-electron chi connectivity index (χ0n) is 20.6. The first kappa shape index (κ1) is 26.8. The van der Waals surface area contributed by atoms with Gasteiger partial charge in [0, 0.05) is 62.6 Å². The van der Waals surface area contributed by atoms with Gasteiger partial charge in [-0.15, -0.1) is 0 Å². The monoisotopic (exact) mass is 521 g/mol. The summed E-state index contributed by atoms with van der Waals surface area (Å²) in [6, 6.07) is 10.1. The number of likely N-dealkylation sites (N-methyl/N-ethyl adjacent to an activating group) is 1. The number of hydrogen-bond donors (Lipinski definition) is 3. The average Bonchev–Trinajstić information content (AvgIpc) is 2.89. The number of carbonyl (C=O) groups excluding carboxylic acids is 1. The molecule has 0 saturated carbocycles. The van der Waals surface area contributed by atoms with E-state index in [1.807, 2.05) is 11.9 Å². The van der Waals surface area contributed by atoms with E-state index in [2.05, 4.69) is 27.0 Å². The molecule has 1 aliphatic rings. The Bertz CT molecular complexity index is 1460. The molecule has 0 radical (unpaired) electrons. The highest BCUT2D eigenvalue weighted by Crippen LogP contribution is 2.34. The smallest absolute Gasteiger partial charge is 0.322 e. The SMILES string of the molecule is CN1CCN(Cc2ccc(NC(=O)c3cncc(C#CC(=N)n4ccccc4=N)c3)cc2C(F)(F)F)CC1. The second-order valence-electron chi connectivity index (χ2n) is 8.92. The molecule has 11 heteroatoms. The van der Waals surface area contributed by atoms with Crippen LogP contribution in [0.3, 0.4) is 0 Å². The number of nitrogens with one attached hydrogen (secondary N) is 3. The van der Waals surface area contributed by atoms with Crippen molar-refractivity contribution in [2.24, 2.45) is 0 Å². The van der Waals surface area contributed by atoms with E-state index in [1.165, 1.54) is 47.4 Å². The fourth-order valence-electron chi connectivity index (χ4n) is 3.97. The summed E-state index contributed by atoms with van der Waals surface area (Å²) < 4.78 is 42.9. The molecule has 0 atom stereocenters. The number of amides is 1. The molecule has 0 bridgehead atoms. The van der Waals surface area contributed by atoms with Crippen molar-refractivity contribution in [2.45, 2.75) is 12.7 Å². The third-order valence-corrected chi connectivity index (χ3v) is 6.09. The molecule has 0 spiro atoms. The second kappa shape index (κ2) is 11.4. The lowest BCUT2D eigenvalue weighted by Gasteiger charge is -2.33. The molecule has 196 valence electrons. The van der Waals surface area contributed by atoms with Gasteiger partial charge in [0.1, 0.15) is 5.49 Å². The Hall–Kier alpha value is -4.27. The standard InChI is InChI=1S/C27H26F3N7O/c1-35-10-12-36(13-11-35)18-20-6-7-22(15-23(20)27(28,29)30)34-26(38)21-14-19(16-33-17-21)5-8-25(32)37-9-3-2-4-24(37)31/h2-4,6-7,9,14-17,31-32H,10-13,18H2,1H3,(H,34,38). The second-order valence-corrected chi connectivity index (χ2v) is 8.92. The minimum Gasteiger partial charge on any atom is -0.322 e. The van der Waals surface area contributed by atoms with E-state index < -0.39 is 17.6 Å². The number of aromatic nitrogens is 2. The minimum absolute atomic E-state index is 0.0196. The van der Waals surface area contributed by atoms with Gasteiger partial charge in [-0.1, -0.05) is 18.1 Å². The van der Waals surface area contributed by atoms with Gasteiger partial charge in [-0.2, -0.15) is 13.2 Å². The van der Waals surface area contributed by atoms with E-state index in [0.29, 0.717) is 18.7 Å². The average molecular weight is 522 g/mol. The maximum atomic E-state index is 13.9. The Morgan fingerprint density at radius 3 is 2.58 bits per heavy atom. The highest BCUT2D eigenvalue weighted by atomic mass is 19.4. The van der Waals surface area contributed by atoms with E-state index in [0.717, 1.165) is 19.2 Å². The van der Waals surface area contributed by atoms with Crippen LogP contribution in [0.5, 0.6) is 0 Å². The van der Waals surface area contributed by atoms with Crippen molar-refractivity contribution < 1.29 is 18.0 Å². The predicted molar refractivity (Wildman–Crippen MR) is 137 cm³/mol. The number of anilines is 1. The predicted octanol–water partition coefficient (Wildman–Crippen LogP) is 3.26. The lowest BCUT2D eigenvalue weighted by atomic mass is 10.0. The van der Waals surface area contributed by atoms with Gasteiger partial charge in [0.25, 0.3) is 5.91 Å². The third-order valence-electron chi connectivity index (χ3n) is 6.09. The fraction of sp³-hybridized carbons (Fsp3) is 0.259. The zero-order valence-corrected chi connectivity index (χ0v) is 20.6. The Morgan fingerprint density at radius 1 is 1.11 bits per heavy atom. The highest BCUT2D eigenvalue weighted by Gasteiger charge is 2.34. The number of benzene rings is 1. The molecule has 0 aliphatic carbocycles. The molecular formula is C27H26F3N7O. The van der Waals surface area contributed by atoms with Crippen LogP contribution in [0.2, 0.25) is 0 Å². The molecule has 1 amide bonds. The maximum absolute atomic E-state index is 13.9. The first-order valence-electron chi connectivity index (χ1n) is 11.8. The van der Waals surface area contributed by atoms with Gasteiger partial charge < -0.3 is 10.2 Å². The van der Waals surface area contributed by atoms with Crippen LogP contribution in [0.1, 0.15) is 27.0 Å². The van der Waals surface area contributed by atoms with Gasteiger partial charge in [0.15, 0.2) is 5.84 Å². The fourth-order valence-corrected chi connectivity index (χ4v) is 3.97. The van der Waals surface area contributed by atoms with Gasteiger partial charge in [0.05, 0.1) is 11.1 Å². The van der Waals surface area contributed by atoms with E-state index in [4.69, 9.17) is 10.8 Å². The van der Waals surface area contributed by atoms with Crippen LogP contribution in [0, 0.1) is 22.7 Å². The molecule has 3 aromatic rings. The Kier molecular flexibility index (Phi) is 8.05. The zero-order chi connectivity index (χ0) is 27.3. The van der Waals surface area contributed by atoms with Crippen molar-refractivity contribution in [1.82, 2.24) is 19.4 Å². The molecule has 2 aromatic heterocycles. The van der Waals surface area contributed by atoms with Crippen molar-refractivity contribution in [1.29, 1.82) is 10.8 Å². The number of nitrogens with zero attached hydrogens (tertiary/aromatic N) is 4. The first-order chi connectivity index (χ1) is 18.1. The number of rotatable bonds is 4. The van der Waals surface area contributed by atoms with Crippen molar-refractivity contribution in [3.05, 3.63) is 88.8 Å². The molecule has 3 N–H and O–H groups in total. The molecule has 1 fully saturated rings. The number of halogens is 3. The van der Waals surface area contributed by atoms with Gasteiger partial charge in [-0.05, 0) is 48.9 Å². The summed E-state index contributed by atoms with van der Waals surface area (Å²) in [6.45, 7) is 3.15. The van der Waals surface area contributed by atoms with Crippen molar-refractivity contribution in [2.75, 3.05) is 38.5 Å². The molecule has 0 unspecified atom stereocenters. The molecule has 4 rings (SSSR count). The normalized spacial score (nSPS) is 14.4. The van der Waals surface area contributed by atoms with Crippen molar-refractivity contribution >= 4 is 17.4 Å². The van der Waals surface area contributed by atoms with Crippen LogP contribution >= 0.6 is 0 Å². The summed E-state index contributed by atoms with van der Waals surface area (Å²) in [6.07, 6.45) is -0.345. The summed E-state index contributed by atoms with van der Waals surface area (Å²) in [5.74, 6) is 4.57. The number of alkyl halides is 3. The molecule has 1 aromatic carbocycles. The van der Waals surface area contributed by atoms with Crippen LogP contribution in [0.15, 0.2) is 61.1 Å². The molecule has 1 saturated heterocycles. The van der Waals surface area contributed by atoms with E-state index >= 15 is 0 Å². The third kappa shape index (κ3) is 6.73. The van der Waals surface area contributed by atoms with Gasteiger partial charge >= 0.3 is 6.18 Å². The first-order valence-corrected chi connectivity index (χ1v) is 11.8. The Labute approximate surface area is 217 Å². The maximum Gasteiger partial charge on any atom is 0.416 e. The van der Waals surface area contributed by atoms with Crippen LogP contribution in [0.4, 0.5) is 18.9 Å². The van der Waals surface area contributed by atoms with Gasteiger partial charge in [-0.25, -0.2) is 0 Å². The molecule has 38 heavy (non-hydrogen) atoms. The largest absolute Gasteiger partial charge is 0.416 e. The van der Waals surface area contributed by atoms with Gasteiger partial charge in [-0.3, -0.25) is 30.1 Å². The lowest BCUT2D eigenvalue weighted by molar-refractivity contribution is -0.138. The summed E-state index contributed by atoms with van der Waals surface area (Å²) in [5, 5.41) is 18.4. The number of carbonyl (C=O) groups is 1. The van der Waals surface area contributed by atoms with E-state index in [9.17, 15) is 18.0 Å². The molecule has 1 aliphatic heterocycles. The summed E-state index contributed by atoms with van der Waals surface area (Å²) >= 11 is 0. The van der Waals surface area contributed by atoms with Crippen molar-refractivity contribution in [3.8, 4) is 11.8 Å². The number of piperazine rings is 1. The molecular weight excluding hydrogens is 495 g/mol. The lowest BCUT2D eigenvalue weighted by Crippen LogP contribution is -2.44. The number of pyridine rings is 2. The topological polar surface area (TPSA) is 101 Å². The highest BCUT2D eigenvalue weighted by molar-refractivity contribution is 6.04. The van der Waals surface area contributed by atoms with E-state index in [-0.39, 0.29) is 34.7 Å². The van der Waals surface area contributed by atoms with Crippen LogP contribution < -0.4 is 10.8 Å². The van der Waals surface area contributed by atoms with E-state index in [1.54, 1.807) is 12.1 Å². The van der Waals surface area contributed by atoms with Crippen LogP contribution in [0.25, 0.3) is 0 Å². The summed E-state index contributed by atoms with van der Waals surface area (Å²) in [7, 11) is 1.98. The summed E-state index contributed by atoms with van der Waals surface area (Å²) in [4.78, 5) is 20.9. The van der Waals surface area contributed by atoms with Crippen LogP contribution in [-0.2, 0) is 12.7 Å². The Morgan fingerprint density at radius 2 is 1.87 bits per heavy atom. The summed E-state index contributed by atoms with van der Waals surface area (Å²) in [5.41, 5.74) is -0.0702. The Balaban J connectivity index is 1.49. The van der Waals surface area contributed by atoms with Crippen LogP contribution in [-0.4, -0.2) is 64.3 Å².